The molecule has 3 aromatic carbocycles. The van der Waals surface area contributed by atoms with E-state index < -0.39 is 12.1 Å². The lowest BCUT2D eigenvalue weighted by Gasteiger charge is -2.21. The van der Waals surface area contributed by atoms with Crippen molar-refractivity contribution in [2.24, 2.45) is 0 Å². The first kappa shape index (κ1) is 21.8. The van der Waals surface area contributed by atoms with Crippen molar-refractivity contribution in [2.75, 3.05) is 14.1 Å². The summed E-state index contributed by atoms with van der Waals surface area (Å²) in [6, 6.07) is 22.9. The number of likely N-dealkylation sites (N-methyl/N-ethyl adjacent to an activating group) is 1. The molecule has 1 atom stereocenters. The number of benzene rings is 3. The van der Waals surface area contributed by atoms with Gasteiger partial charge in [0.2, 0.25) is 6.10 Å². The molecule has 0 saturated heterocycles. The number of rotatable bonds is 6. The van der Waals surface area contributed by atoms with Crippen LogP contribution in [-0.4, -0.2) is 36.8 Å². The zero-order valence-corrected chi connectivity index (χ0v) is 17.6. The Balaban J connectivity index is 1.76. The van der Waals surface area contributed by atoms with Crippen LogP contribution in [-0.2, 0) is 14.3 Å². The van der Waals surface area contributed by atoms with E-state index in [9.17, 15) is 14.4 Å². The van der Waals surface area contributed by atoms with Gasteiger partial charge in [-0.15, -0.1) is 0 Å². The molecule has 6 heteroatoms. The van der Waals surface area contributed by atoms with E-state index in [0.29, 0.717) is 16.9 Å². The lowest BCUT2D eigenvalue weighted by molar-refractivity contribution is -0.138. The number of nitrogens with zero attached hydrogens (tertiary/aromatic N) is 1. The minimum absolute atomic E-state index is 0.316. The topological polar surface area (TPSA) is 72.9 Å². The first-order valence-electron chi connectivity index (χ1n) is 9.71. The predicted octanol–water partition coefficient (Wildman–Crippen LogP) is 4.27. The Labute approximate surface area is 181 Å². The standard InChI is InChI=1S/C25H23NO5/c1-17(27)30-22-15-13-19(14-16-22)18-9-11-21(12-10-18)25(29)31-23(24(28)26(2)3)20-7-5-4-6-8-20/h4-16,23H,1-3H3/t23-/m1/s1. The van der Waals surface area contributed by atoms with Crippen molar-refractivity contribution in [3.05, 3.63) is 90.0 Å². The maximum Gasteiger partial charge on any atom is 0.339 e. The summed E-state index contributed by atoms with van der Waals surface area (Å²) in [7, 11) is 3.24. The minimum atomic E-state index is -1.02. The number of amides is 1. The first-order chi connectivity index (χ1) is 14.8. The van der Waals surface area contributed by atoms with Gasteiger partial charge >= 0.3 is 11.9 Å². The summed E-state index contributed by atoms with van der Waals surface area (Å²) < 4.78 is 10.6. The predicted molar refractivity (Wildman–Crippen MR) is 116 cm³/mol. The molecule has 0 aromatic heterocycles. The quantitative estimate of drug-likeness (QED) is 0.443. The van der Waals surface area contributed by atoms with Crippen LogP contribution in [0.4, 0.5) is 0 Å². The number of carbonyl (C=O) groups excluding carboxylic acids is 3. The Hall–Kier alpha value is -3.93. The molecule has 0 aliphatic carbocycles. The zero-order chi connectivity index (χ0) is 22.4. The SMILES string of the molecule is CC(=O)Oc1ccc(-c2ccc(C(=O)O[C@@H](C(=O)N(C)C)c3ccccc3)cc2)cc1. The minimum Gasteiger partial charge on any atom is -0.444 e. The summed E-state index contributed by atoms with van der Waals surface area (Å²) in [5, 5.41) is 0. The third-order valence-corrected chi connectivity index (χ3v) is 4.56. The van der Waals surface area contributed by atoms with Gasteiger partial charge < -0.3 is 14.4 Å². The maximum atomic E-state index is 12.7. The van der Waals surface area contributed by atoms with E-state index in [1.807, 2.05) is 18.2 Å². The van der Waals surface area contributed by atoms with E-state index in [4.69, 9.17) is 9.47 Å². The van der Waals surface area contributed by atoms with Crippen LogP contribution < -0.4 is 4.74 Å². The number of carbonyl (C=O) groups is 3. The second kappa shape index (κ2) is 9.71. The number of hydrogen-bond donors (Lipinski definition) is 0. The molecule has 31 heavy (non-hydrogen) atoms. The third kappa shape index (κ3) is 5.57. The molecule has 0 heterocycles. The van der Waals surface area contributed by atoms with Crippen molar-refractivity contribution in [1.29, 1.82) is 0 Å². The molecule has 0 radical (unpaired) electrons. The van der Waals surface area contributed by atoms with Gasteiger partial charge in [0, 0.05) is 26.6 Å². The first-order valence-corrected chi connectivity index (χ1v) is 9.71. The molecule has 6 nitrogen and oxygen atoms in total. The summed E-state index contributed by atoms with van der Waals surface area (Å²) in [6.07, 6.45) is -1.02. The van der Waals surface area contributed by atoms with Gasteiger partial charge in [-0.05, 0) is 35.4 Å². The Morgan fingerprint density at radius 3 is 1.84 bits per heavy atom. The largest absolute Gasteiger partial charge is 0.444 e. The summed E-state index contributed by atoms with van der Waals surface area (Å²) >= 11 is 0. The average molecular weight is 417 g/mol. The number of esters is 2. The van der Waals surface area contributed by atoms with Gasteiger partial charge in [0.15, 0.2) is 0 Å². The Bertz CT molecular complexity index is 1060. The number of ether oxygens (including phenoxy) is 2. The van der Waals surface area contributed by atoms with E-state index in [1.54, 1.807) is 74.8 Å². The molecule has 0 aliphatic rings. The van der Waals surface area contributed by atoms with Crippen LogP contribution in [0.25, 0.3) is 11.1 Å². The smallest absolute Gasteiger partial charge is 0.339 e. The molecule has 0 unspecified atom stereocenters. The molecule has 0 spiro atoms. The maximum absolute atomic E-state index is 12.7. The van der Waals surface area contributed by atoms with Crippen molar-refractivity contribution >= 4 is 17.8 Å². The van der Waals surface area contributed by atoms with E-state index in [-0.39, 0.29) is 11.9 Å². The Morgan fingerprint density at radius 1 is 0.774 bits per heavy atom. The fourth-order valence-electron chi connectivity index (χ4n) is 2.98. The van der Waals surface area contributed by atoms with Gasteiger partial charge in [0.25, 0.3) is 5.91 Å². The van der Waals surface area contributed by atoms with Gasteiger partial charge in [-0.2, -0.15) is 0 Å². The van der Waals surface area contributed by atoms with Crippen LogP contribution in [0.15, 0.2) is 78.9 Å². The summed E-state index contributed by atoms with van der Waals surface area (Å²) in [6.45, 7) is 1.35. The van der Waals surface area contributed by atoms with Crippen LogP contribution in [0.2, 0.25) is 0 Å². The van der Waals surface area contributed by atoms with E-state index in [1.165, 1.54) is 11.8 Å². The lowest BCUT2D eigenvalue weighted by atomic mass is 10.0. The summed E-state index contributed by atoms with van der Waals surface area (Å²) in [4.78, 5) is 37.7. The van der Waals surface area contributed by atoms with Crippen LogP contribution >= 0.6 is 0 Å². The average Bonchev–Trinajstić information content (AvgIpc) is 2.77. The van der Waals surface area contributed by atoms with Crippen molar-refractivity contribution in [2.45, 2.75) is 13.0 Å². The van der Waals surface area contributed by atoms with E-state index in [0.717, 1.165) is 11.1 Å². The van der Waals surface area contributed by atoms with Crippen molar-refractivity contribution in [3.63, 3.8) is 0 Å². The molecular weight excluding hydrogens is 394 g/mol. The zero-order valence-electron chi connectivity index (χ0n) is 17.6. The summed E-state index contributed by atoms with van der Waals surface area (Å²) in [5.74, 6) is -0.809. The van der Waals surface area contributed by atoms with Crippen molar-refractivity contribution in [1.82, 2.24) is 4.90 Å². The van der Waals surface area contributed by atoms with Gasteiger partial charge in [0.1, 0.15) is 5.75 Å². The van der Waals surface area contributed by atoms with Crippen LogP contribution in [0.5, 0.6) is 5.75 Å². The number of hydrogen-bond acceptors (Lipinski definition) is 5. The molecule has 3 rings (SSSR count). The van der Waals surface area contributed by atoms with Gasteiger partial charge in [-0.25, -0.2) is 4.79 Å². The second-order valence-electron chi connectivity index (χ2n) is 7.12. The molecule has 0 saturated carbocycles. The van der Waals surface area contributed by atoms with Crippen LogP contribution in [0.3, 0.4) is 0 Å². The monoisotopic (exact) mass is 417 g/mol. The molecule has 3 aromatic rings. The van der Waals surface area contributed by atoms with Gasteiger partial charge in [-0.1, -0.05) is 54.6 Å². The highest BCUT2D eigenvalue weighted by Crippen LogP contribution is 2.25. The van der Waals surface area contributed by atoms with Crippen LogP contribution in [0.1, 0.15) is 28.9 Å². The fourth-order valence-corrected chi connectivity index (χ4v) is 2.98. The molecule has 0 N–H and O–H groups in total. The highest BCUT2D eigenvalue weighted by molar-refractivity contribution is 5.93. The fraction of sp³-hybridized carbons (Fsp3) is 0.160. The highest BCUT2D eigenvalue weighted by atomic mass is 16.5. The van der Waals surface area contributed by atoms with E-state index in [2.05, 4.69) is 0 Å². The molecule has 158 valence electrons. The Kier molecular flexibility index (Phi) is 6.82. The molecule has 0 bridgehead atoms. The van der Waals surface area contributed by atoms with Crippen molar-refractivity contribution in [3.8, 4) is 16.9 Å². The molecule has 0 fully saturated rings. The van der Waals surface area contributed by atoms with Gasteiger partial charge in [-0.3, -0.25) is 9.59 Å². The molecular formula is C25H23NO5. The van der Waals surface area contributed by atoms with Crippen molar-refractivity contribution < 1.29 is 23.9 Å². The molecule has 0 aliphatic heterocycles. The molecule has 1 amide bonds. The normalized spacial score (nSPS) is 11.3. The van der Waals surface area contributed by atoms with E-state index >= 15 is 0 Å². The van der Waals surface area contributed by atoms with Gasteiger partial charge in [0.05, 0.1) is 5.56 Å². The summed E-state index contributed by atoms with van der Waals surface area (Å²) in [5.41, 5.74) is 2.74. The van der Waals surface area contributed by atoms with Crippen LogP contribution in [0, 0.1) is 0 Å². The second-order valence-corrected chi connectivity index (χ2v) is 7.12. The third-order valence-electron chi connectivity index (χ3n) is 4.56. The lowest BCUT2D eigenvalue weighted by Crippen LogP contribution is -2.31. The Morgan fingerprint density at radius 2 is 1.32 bits per heavy atom. The highest BCUT2D eigenvalue weighted by Gasteiger charge is 2.27.